The van der Waals surface area contributed by atoms with Crippen molar-refractivity contribution < 1.29 is 14.1 Å². The molecule has 0 saturated carbocycles. The van der Waals surface area contributed by atoms with Gasteiger partial charge < -0.3 is 10.1 Å². The highest BCUT2D eigenvalue weighted by atomic mass is 19.1. The third-order valence-electron chi connectivity index (χ3n) is 4.69. The lowest BCUT2D eigenvalue weighted by Gasteiger charge is -2.33. The molecule has 0 fully saturated rings. The predicted molar refractivity (Wildman–Crippen MR) is 88.1 cm³/mol. The Morgan fingerprint density at radius 3 is 3.09 bits per heavy atom. The first-order valence-corrected chi connectivity index (χ1v) is 8.09. The molecule has 118 valence electrons. The van der Waals surface area contributed by atoms with Gasteiger partial charge in [0.05, 0.1) is 11.6 Å². The summed E-state index contributed by atoms with van der Waals surface area (Å²) in [6.45, 7) is 1.49. The zero-order valence-electron chi connectivity index (χ0n) is 12.8. The van der Waals surface area contributed by atoms with Crippen LogP contribution >= 0.6 is 0 Å². The summed E-state index contributed by atoms with van der Waals surface area (Å²) in [6, 6.07) is 8.13. The topological polar surface area (TPSA) is 35.2 Å². The molecule has 1 aromatic rings. The average Bonchev–Trinajstić information content (AvgIpc) is 2.89. The molecule has 4 heteroatoms. The van der Waals surface area contributed by atoms with Gasteiger partial charge >= 0.3 is 0 Å². The van der Waals surface area contributed by atoms with Gasteiger partial charge in [-0.1, -0.05) is 30.4 Å². The highest BCUT2D eigenvalue weighted by Gasteiger charge is 2.37. The van der Waals surface area contributed by atoms with Crippen molar-refractivity contribution in [3.63, 3.8) is 0 Å². The van der Waals surface area contributed by atoms with Crippen LogP contribution in [-0.4, -0.2) is 31.4 Å². The molecule has 23 heavy (non-hydrogen) atoms. The van der Waals surface area contributed by atoms with E-state index in [-0.39, 0.29) is 29.8 Å². The molecule has 3 aliphatic rings. The number of nitrogens with one attached hydrogen (secondary N) is 2. The number of hydrogen-bond donors (Lipinski definition) is 2. The van der Waals surface area contributed by atoms with Crippen LogP contribution in [0.2, 0.25) is 0 Å². The normalized spacial score (nSPS) is 32.1. The van der Waals surface area contributed by atoms with E-state index in [4.69, 9.17) is 4.74 Å². The molecule has 2 aliphatic heterocycles. The van der Waals surface area contributed by atoms with E-state index in [1.807, 2.05) is 36.6 Å². The molecule has 0 radical (unpaired) electrons. The standard InChI is InChI=1S/C19H19FN2O/c20-15-7-8-16-13(10-15)5-3-9-22-19(16)18-12-21-11-14-4-1-2-6-17(14)23-18/h1-8,10-11,13,16,18-19,22H,9,12H2/p+1. The lowest BCUT2D eigenvalue weighted by atomic mass is 9.81. The Bertz CT molecular complexity index is 707. The van der Waals surface area contributed by atoms with Gasteiger partial charge in [0.25, 0.3) is 0 Å². The molecule has 1 aromatic carbocycles. The van der Waals surface area contributed by atoms with E-state index in [1.54, 1.807) is 12.2 Å². The monoisotopic (exact) mass is 311 g/mol. The van der Waals surface area contributed by atoms with Crippen LogP contribution in [0.3, 0.4) is 0 Å². The fourth-order valence-corrected chi connectivity index (χ4v) is 3.57. The third kappa shape index (κ3) is 2.86. The molecule has 0 bridgehead atoms. The van der Waals surface area contributed by atoms with Gasteiger partial charge in [0, 0.05) is 18.4 Å². The van der Waals surface area contributed by atoms with Gasteiger partial charge in [-0.2, -0.15) is 0 Å². The average molecular weight is 311 g/mol. The maximum Gasteiger partial charge on any atom is 0.179 e. The molecule has 4 unspecified atom stereocenters. The van der Waals surface area contributed by atoms with Crippen molar-refractivity contribution in [2.24, 2.45) is 11.8 Å². The maximum absolute atomic E-state index is 13.6. The van der Waals surface area contributed by atoms with Crippen molar-refractivity contribution in [3.05, 3.63) is 66.0 Å². The summed E-state index contributed by atoms with van der Waals surface area (Å²) in [7, 11) is 0. The van der Waals surface area contributed by atoms with Crippen molar-refractivity contribution in [1.29, 1.82) is 0 Å². The quantitative estimate of drug-likeness (QED) is 0.763. The first-order chi connectivity index (χ1) is 11.3. The van der Waals surface area contributed by atoms with Gasteiger partial charge in [-0.3, -0.25) is 0 Å². The first-order valence-electron chi connectivity index (χ1n) is 8.09. The molecule has 0 aromatic heterocycles. The summed E-state index contributed by atoms with van der Waals surface area (Å²) in [6.07, 6.45) is 11.4. The Morgan fingerprint density at radius 2 is 2.13 bits per heavy atom. The first kappa shape index (κ1) is 14.4. The molecular weight excluding hydrogens is 291 g/mol. The van der Waals surface area contributed by atoms with E-state index in [2.05, 4.69) is 22.5 Å². The Hall–Kier alpha value is -2.20. The minimum atomic E-state index is -0.157. The summed E-state index contributed by atoms with van der Waals surface area (Å²) in [4.78, 5) is 3.35. The fourth-order valence-electron chi connectivity index (χ4n) is 3.57. The number of fused-ring (bicyclic) bond motifs is 2. The van der Waals surface area contributed by atoms with E-state index in [1.165, 1.54) is 0 Å². The molecule has 2 N–H and O–H groups in total. The Kier molecular flexibility index (Phi) is 3.83. The zero-order chi connectivity index (χ0) is 15.6. The molecule has 0 saturated heterocycles. The summed E-state index contributed by atoms with van der Waals surface area (Å²) < 4.78 is 19.9. The number of benzene rings is 1. The number of halogens is 1. The van der Waals surface area contributed by atoms with Crippen LogP contribution in [0.25, 0.3) is 0 Å². The molecule has 4 rings (SSSR count). The van der Waals surface area contributed by atoms with Crippen LogP contribution in [0.4, 0.5) is 4.39 Å². The van der Waals surface area contributed by atoms with Gasteiger partial charge in [-0.05, 0) is 24.3 Å². The van der Waals surface area contributed by atoms with Crippen molar-refractivity contribution in [3.8, 4) is 5.75 Å². The highest BCUT2D eigenvalue weighted by molar-refractivity contribution is 5.79. The predicted octanol–water partition coefficient (Wildman–Crippen LogP) is 1.13. The molecule has 0 amide bonds. The summed E-state index contributed by atoms with van der Waals surface area (Å²) in [5, 5.41) is 3.56. The molecule has 3 nitrogen and oxygen atoms in total. The molecule has 4 atom stereocenters. The molecule has 1 aliphatic carbocycles. The lowest BCUT2D eigenvalue weighted by molar-refractivity contribution is -0.461. The minimum absolute atomic E-state index is 0.0264. The summed E-state index contributed by atoms with van der Waals surface area (Å²) in [5.74, 6) is 0.992. The zero-order valence-corrected chi connectivity index (χ0v) is 12.8. The van der Waals surface area contributed by atoms with E-state index in [9.17, 15) is 4.39 Å². The summed E-state index contributed by atoms with van der Waals surface area (Å²) >= 11 is 0. The second-order valence-corrected chi connectivity index (χ2v) is 6.17. The van der Waals surface area contributed by atoms with Crippen molar-refractivity contribution >= 4 is 6.21 Å². The van der Waals surface area contributed by atoms with E-state index < -0.39 is 0 Å². The van der Waals surface area contributed by atoms with Gasteiger partial charge in [0.1, 0.15) is 11.6 Å². The third-order valence-corrected chi connectivity index (χ3v) is 4.69. The Labute approximate surface area is 135 Å². The van der Waals surface area contributed by atoms with Crippen LogP contribution < -0.4 is 15.0 Å². The van der Waals surface area contributed by atoms with E-state index in [0.29, 0.717) is 0 Å². The van der Waals surface area contributed by atoms with Crippen LogP contribution in [0, 0.1) is 11.8 Å². The lowest BCUT2D eigenvalue weighted by Crippen LogP contribution is -2.74. The smallest absolute Gasteiger partial charge is 0.179 e. The van der Waals surface area contributed by atoms with E-state index >= 15 is 0 Å². The van der Waals surface area contributed by atoms with Crippen molar-refractivity contribution in [1.82, 2.24) is 5.32 Å². The van der Waals surface area contributed by atoms with Crippen LogP contribution in [0.5, 0.6) is 5.75 Å². The number of hydrogen-bond acceptors (Lipinski definition) is 2. The second-order valence-electron chi connectivity index (χ2n) is 6.17. The van der Waals surface area contributed by atoms with Crippen LogP contribution in [0.15, 0.2) is 60.5 Å². The highest BCUT2D eigenvalue weighted by Crippen LogP contribution is 2.31. The van der Waals surface area contributed by atoms with Gasteiger partial charge in [-0.15, -0.1) is 0 Å². The number of para-hydroxylation sites is 1. The number of rotatable bonds is 1. The second kappa shape index (κ2) is 6.13. The summed E-state index contributed by atoms with van der Waals surface area (Å²) in [5.41, 5.74) is 1.06. The molecule has 0 spiro atoms. The number of ether oxygens (including phenoxy) is 1. The largest absolute Gasteiger partial charge is 0.481 e. The van der Waals surface area contributed by atoms with Crippen LogP contribution in [-0.2, 0) is 0 Å². The molecular formula is C19H20FN2O+. The minimum Gasteiger partial charge on any atom is -0.481 e. The molecule has 2 heterocycles. The number of allylic oxidation sites excluding steroid dienone is 4. The SMILES string of the molecule is FC1=CC2C=CCNC(C3C[NH+]=Cc4ccccc4O3)C2C=C1. The van der Waals surface area contributed by atoms with Gasteiger partial charge in [-0.25, -0.2) is 9.38 Å². The van der Waals surface area contributed by atoms with E-state index in [0.717, 1.165) is 24.4 Å². The Balaban J connectivity index is 1.62. The van der Waals surface area contributed by atoms with Gasteiger partial charge in [0.15, 0.2) is 18.9 Å². The van der Waals surface area contributed by atoms with Crippen molar-refractivity contribution in [2.45, 2.75) is 12.1 Å². The Morgan fingerprint density at radius 1 is 1.22 bits per heavy atom. The van der Waals surface area contributed by atoms with Crippen molar-refractivity contribution in [2.75, 3.05) is 13.1 Å². The fraction of sp³-hybridized carbons (Fsp3) is 0.316. The van der Waals surface area contributed by atoms with Gasteiger partial charge in [0.2, 0.25) is 0 Å². The maximum atomic E-state index is 13.6. The van der Waals surface area contributed by atoms with Crippen LogP contribution in [0.1, 0.15) is 5.56 Å².